The maximum Gasteiger partial charge on any atom is 0.339 e. The highest BCUT2D eigenvalue weighted by atomic mass is 16.5. The maximum atomic E-state index is 11.0. The molecule has 0 bridgehead atoms. The third-order valence-electron chi connectivity index (χ3n) is 2.83. The molecule has 2 rings (SSSR count). The fraction of sp³-hybridized carbons (Fsp3) is 0.462. The second-order valence-corrected chi connectivity index (χ2v) is 4.18. The van der Waals surface area contributed by atoms with Crippen LogP contribution in [0.1, 0.15) is 34.7 Å². The van der Waals surface area contributed by atoms with E-state index in [4.69, 9.17) is 14.6 Å². The molecular formula is C13H16O4. The van der Waals surface area contributed by atoms with Crippen LogP contribution in [-0.2, 0) is 4.74 Å². The summed E-state index contributed by atoms with van der Waals surface area (Å²) in [5.74, 6) is 0.0707. The van der Waals surface area contributed by atoms with Crippen LogP contribution >= 0.6 is 0 Å². The number of benzene rings is 1. The van der Waals surface area contributed by atoms with Crippen molar-refractivity contribution in [1.29, 1.82) is 0 Å². The van der Waals surface area contributed by atoms with Gasteiger partial charge in [-0.05, 0) is 36.5 Å². The summed E-state index contributed by atoms with van der Waals surface area (Å²) in [7, 11) is 1.59. The SMILES string of the molecule is COCCOc1cc(C2CC2)ccc1C(=O)O. The van der Waals surface area contributed by atoms with Gasteiger partial charge in [0.05, 0.1) is 6.61 Å². The predicted molar refractivity (Wildman–Crippen MR) is 62.7 cm³/mol. The largest absolute Gasteiger partial charge is 0.490 e. The van der Waals surface area contributed by atoms with E-state index in [0.29, 0.717) is 24.9 Å². The molecule has 0 atom stereocenters. The lowest BCUT2D eigenvalue weighted by Crippen LogP contribution is -2.08. The third-order valence-corrected chi connectivity index (χ3v) is 2.83. The third kappa shape index (κ3) is 2.97. The van der Waals surface area contributed by atoms with Crippen molar-refractivity contribution in [1.82, 2.24) is 0 Å². The summed E-state index contributed by atoms with van der Waals surface area (Å²) in [6, 6.07) is 5.35. The summed E-state index contributed by atoms with van der Waals surface area (Å²) in [4.78, 5) is 11.0. The van der Waals surface area contributed by atoms with Gasteiger partial charge in [0.25, 0.3) is 0 Å². The molecule has 0 saturated heterocycles. The first-order valence-electron chi connectivity index (χ1n) is 5.71. The molecule has 4 heteroatoms. The Morgan fingerprint density at radius 1 is 1.41 bits per heavy atom. The maximum absolute atomic E-state index is 11.0. The highest BCUT2D eigenvalue weighted by Crippen LogP contribution is 2.41. The van der Waals surface area contributed by atoms with Gasteiger partial charge < -0.3 is 14.6 Å². The molecule has 0 amide bonds. The van der Waals surface area contributed by atoms with E-state index in [0.717, 1.165) is 0 Å². The second kappa shape index (κ2) is 5.19. The number of methoxy groups -OCH3 is 1. The molecule has 4 nitrogen and oxygen atoms in total. The Labute approximate surface area is 100 Å². The zero-order valence-corrected chi connectivity index (χ0v) is 9.81. The molecule has 92 valence electrons. The Balaban J connectivity index is 2.17. The second-order valence-electron chi connectivity index (χ2n) is 4.18. The Bertz CT molecular complexity index is 410. The number of carboxylic acids is 1. The van der Waals surface area contributed by atoms with Crippen LogP contribution in [0.25, 0.3) is 0 Å². The average Bonchev–Trinajstić information content (AvgIpc) is 3.13. The number of ether oxygens (including phenoxy) is 2. The lowest BCUT2D eigenvalue weighted by atomic mass is 10.1. The molecule has 1 N–H and O–H groups in total. The molecule has 1 fully saturated rings. The first-order valence-corrected chi connectivity index (χ1v) is 5.71. The molecule has 17 heavy (non-hydrogen) atoms. The minimum atomic E-state index is -0.959. The Hall–Kier alpha value is -1.55. The molecule has 0 radical (unpaired) electrons. The van der Waals surface area contributed by atoms with Crippen LogP contribution in [0.5, 0.6) is 5.75 Å². The first kappa shape index (κ1) is 11.9. The van der Waals surface area contributed by atoms with Crippen molar-refractivity contribution in [3.05, 3.63) is 29.3 Å². The quantitative estimate of drug-likeness (QED) is 0.770. The van der Waals surface area contributed by atoms with Gasteiger partial charge in [0, 0.05) is 7.11 Å². The zero-order valence-electron chi connectivity index (χ0n) is 9.81. The fourth-order valence-electron chi connectivity index (χ4n) is 1.74. The summed E-state index contributed by atoms with van der Waals surface area (Å²) in [6.45, 7) is 0.817. The highest BCUT2D eigenvalue weighted by Gasteiger charge is 2.25. The number of hydrogen-bond acceptors (Lipinski definition) is 3. The van der Waals surface area contributed by atoms with Gasteiger partial charge >= 0.3 is 5.97 Å². The minimum absolute atomic E-state index is 0.213. The van der Waals surface area contributed by atoms with E-state index in [9.17, 15) is 4.79 Å². The van der Waals surface area contributed by atoms with E-state index in [2.05, 4.69) is 0 Å². The van der Waals surface area contributed by atoms with Crippen molar-refractivity contribution in [2.75, 3.05) is 20.3 Å². The van der Waals surface area contributed by atoms with Gasteiger partial charge in [0.1, 0.15) is 17.9 Å². The van der Waals surface area contributed by atoms with Crippen molar-refractivity contribution >= 4 is 5.97 Å². The fourth-order valence-corrected chi connectivity index (χ4v) is 1.74. The van der Waals surface area contributed by atoms with Gasteiger partial charge in [0.2, 0.25) is 0 Å². The first-order chi connectivity index (χ1) is 8.22. The van der Waals surface area contributed by atoms with E-state index >= 15 is 0 Å². The lowest BCUT2D eigenvalue weighted by Gasteiger charge is -2.10. The summed E-state index contributed by atoms with van der Waals surface area (Å²) < 4.78 is 10.3. The van der Waals surface area contributed by atoms with Gasteiger partial charge in [-0.15, -0.1) is 0 Å². The molecular weight excluding hydrogens is 220 g/mol. The Morgan fingerprint density at radius 2 is 2.18 bits per heavy atom. The molecule has 1 aromatic rings. The zero-order chi connectivity index (χ0) is 12.3. The number of carbonyl (C=O) groups is 1. The molecule has 1 aromatic carbocycles. The van der Waals surface area contributed by atoms with Crippen LogP contribution in [0, 0.1) is 0 Å². The molecule has 0 aliphatic heterocycles. The molecule has 0 unspecified atom stereocenters. The van der Waals surface area contributed by atoms with Crippen LogP contribution in [0.2, 0.25) is 0 Å². The van der Waals surface area contributed by atoms with E-state index in [1.54, 1.807) is 13.2 Å². The minimum Gasteiger partial charge on any atom is -0.490 e. The van der Waals surface area contributed by atoms with Gasteiger partial charge in [-0.3, -0.25) is 0 Å². The summed E-state index contributed by atoms with van der Waals surface area (Å²) in [5.41, 5.74) is 1.38. The van der Waals surface area contributed by atoms with Crippen molar-refractivity contribution in [2.24, 2.45) is 0 Å². The standard InChI is InChI=1S/C13H16O4/c1-16-6-7-17-12-8-10(9-2-3-9)4-5-11(12)13(14)15/h4-5,8-9H,2-3,6-7H2,1H3,(H,14,15). The lowest BCUT2D eigenvalue weighted by molar-refractivity contribution is 0.0689. The molecule has 1 saturated carbocycles. The van der Waals surface area contributed by atoms with Crippen LogP contribution in [0.15, 0.2) is 18.2 Å². The summed E-state index contributed by atoms with van der Waals surface area (Å²) >= 11 is 0. The number of hydrogen-bond donors (Lipinski definition) is 1. The van der Waals surface area contributed by atoms with Crippen LogP contribution in [0.4, 0.5) is 0 Å². The van der Waals surface area contributed by atoms with Gasteiger partial charge in [-0.1, -0.05) is 6.07 Å². The average molecular weight is 236 g/mol. The topological polar surface area (TPSA) is 55.8 Å². The number of aromatic carboxylic acids is 1. The van der Waals surface area contributed by atoms with Crippen molar-refractivity contribution in [3.8, 4) is 5.75 Å². The monoisotopic (exact) mass is 236 g/mol. The van der Waals surface area contributed by atoms with Crippen LogP contribution in [0.3, 0.4) is 0 Å². The van der Waals surface area contributed by atoms with Crippen molar-refractivity contribution in [2.45, 2.75) is 18.8 Å². The van der Waals surface area contributed by atoms with Crippen LogP contribution < -0.4 is 4.74 Å². The summed E-state index contributed by atoms with van der Waals surface area (Å²) in [6.07, 6.45) is 2.37. The van der Waals surface area contributed by atoms with E-state index in [1.165, 1.54) is 18.4 Å². The Kier molecular flexibility index (Phi) is 3.64. The van der Waals surface area contributed by atoms with Crippen LogP contribution in [-0.4, -0.2) is 31.4 Å². The summed E-state index contributed by atoms with van der Waals surface area (Å²) in [5, 5.41) is 9.06. The van der Waals surface area contributed by atoms with Gasteiger partial charge in [-0.25, -0.2) is 4.79 Å². The molecule has 1 aliphatic rings. The molecule has 0 heterocycles. The number of rotatable bonds is 6. The van der Waals surface area contributed by atoms with Crippen molar-refractivity contribution in [3.63, 3.8) is 0 Å². The smallest absolute Gasteiger partial charge is 0.339 e. The van der Waals surface area contributed by atoms with Crippen molar-refractivity contribution < 1.29 is 19.4 Å². The van der Waals surface area contributed by atoms with E-state index in [1.807, 2.05) is 12.1 Å². The van der Waals surface area contributed by atoms with E-state index < -0.39 is 5.97 Å². The molecule has 0 aromatic heterocycles. The molecule has 1 aliphatic carbocycles. The van der Waals surface area contributed by atoms with E-state index in [-0.39, 0.29) is 5.56 Å². The predicted octanol–water partition coefficient (Wildman–Crippen LogP) is 2.29. The van der Waals surface area contributed by atoms with Gasteiger partial charge in [0.15, 0.2) is 0 Å². The molecule has 0 spiro atoms. The normalized spacial score (nSPS) is 14.6. The Morgan fingerprint density at radius 3 is 2.76 bits per heavy atom. The highest BCUT2D eigenvalue weighted by molar-refractivity contribution is 5.91. The number of carboxylic acid groups (broad SMARTS) is 1. The van der Waals surface area contributed by atoms with Gasteiger partial charge in [-0.2, -0.15) is 0 Å².